The lowest BCUT2D eigenvalue weighted by Crippen LogP contribution is -2.08. The summed E-state index contributed by atoms with van der Waals surface area (Å²) >= 11 is 3.39. The molecule has 19 heavy (non-hydrogen) atoms. The van der Waals surface area contributed by atoms with E-state index in [1.165, 1.54) is 0 Å². The molecular formula is C15H17BrN2O. The Balaban J connectivity index is 1.96. The molecule has 1 aromatic carbocycles. The molecular weight excluding hydrogens is 304 g/mol. The molecule has 2 N–H and O–H groups in total. The van der Waals surface area contributed by atoms with Gasteiger partial charge < -0.3 is 10.5 Å². The van der Waals surface area contributed by atoms with Gasteiger partial charge in [0.15, 0.2) is 0 Å². The van der Waals surface area contributed by atoms with Crippen molar-refractivity contribution in [3.63, 3.8) is 0 Å². The first-order chi connectivity index (χ1) is 9.19. The van der Waals surface area contributed by atoms with Crippen LogP contribution in [0.15, 0.2) is 47.2 Å². The maximum Gasteiger partial charge on any atom is 0.119 e. The number of aromatic nitrogens is 1. The highest BCUT2D eigenvalue weighted by molar-refractivity contribution is 9.10. The standard InChI is InChI=1S/C15H17BrN2O/c1-2-15(17)12-3-5-14(6-4-12)19-10-11-7-13(16)9-18-8-11/h3-9,15H,2,10,17H2,1H3/t15-/m0/s1. The summed E-state index contributed by atoms with van der Waals surface area (Å²) in [5.74, 6) is 0.840. The van der Waals surface area contributed by atoms with Gasteiger partial charge in [0, 0.05) is 28.5 Å². The van der Waals surface area contributed by atoms with Gasteiger partial charge in [-0.05, 0) is 46.1 Å². The average Bonchev–Trinajstić information content (AvgIpc) is 2.45. The molecule has 0 fully saturated rings. The normalized spacial score (nSPS) is 12.2. The minimum atomic E-state index is 0.100. The van der Waals surface area contributed by atoms with Gasteiger partial charge in [-0.1, -0.05) is 19.1 Å². The molecule has 4 heteroatoms. The van der Waals surface area contributed by atoms with Crippen molar-refractivity contribution in [3.8, 4) is 5.75 Å². The van der Waals surface area contributed by atoms with E-state index in [9.17, 15) is 0 Å². The Kier molecular flexibility index (Phi) is 4.93. The molecule has 0 amide bonds. The van der Waals surface area contributed by atoms with Crippen molar-refractivity contribution >= 4 is 15.9 Å². The summed E-state index contributed by atoms with van der Waals surface area (Å²) < 4.78 is 6.67. The Morgan fingerprint density at radius 3 is 2.63 bits per heavy atom. The number of hydrogen-bond donors (Lipinski definition) is 1. The van der Waals surface area contributed by atoms with E-state index in [1.807, 2.05) is 30.3 Å². The van der Waals surface area contributed by atoms with Crippen LogP contribution < -0.4 is 10.5 Å². The third-order valence-corrected chi connectivity index (χ3v) is 3.35. The lowest BCUT2D eigenvalue weighted by molar-refractivity contribution is 0.305. The zero-order valence-electron chi connectivity index (χ0n) is 10.8. The second kappa shape index (κ2) is 6.68. The van der Waals surface area contributed by atoms with Crippen LogP contribution in [-0.2, 0) is 6.61 Å². The molecule has 0 bridgehead atoms. The number of nitrogens with zero attached hydrogens (tertiary/aromatic N) is 1. The van der Waals surface area contributed by atoms with E-state index in [-0.39, 0.29) is 6.04 Å². The van der Waals surface area contributed by atoms with E-state index in [2.05, 4.69) is 27.8 Å². The van der Waals surface area contributed by atoms with Gasteiger partial charge in [0.2, 0.25) is 0 Å². The molecule has 1 heterocycles. The van der Waals surface area contributed by atoms with E-state index in [0.717, 1.165) is 27.8 Å². The van der Waals surface area contributed by atoms with Gasteiger partial charge in [0.1, 0.15) is 12.4 Å². The van der Waals surface area contributed by atoms with Crippen molar-refractivity contribution in [2.45, 2.75) is 26.0 Å². The molecule has 0 aliphatic carbocycles. The molecule has 1 aromatic heterocycles. The maximum atomic E-state index is 5.97. The van der Waals surface area contributed by atoms with E-state index in [0.29, 0.717) is 6.61 Å². The predicted octanol–water partition coefficient (Wildman–Crippen LogP) is 3.83. The molecule has 2 aromatic rings. The second-order valence-electron chi connectivity index (χ2n) is 4.38. The lowest BCUT2D eigenvalue weighted by Gasteiger charge is -2.11. The first-order valence-electron chi connectivity index (χ1n) is 6.27. The SMILES string of the molecule is CC[C@H](N)c1ccc(OCc2cncc(Br)c2)cc1. The minimum Gasteiger partial charge on any atom is -0.489 e. The number of halogens is 1. The Hall–Kier alpha value is -1.39. The molecule has 0 radical (unpaired) electrons. The van der Waals surface area contributed by atoms with Crippen molar-refractivity contribution in [2.75, 3.05) is 0 Å². The van der Waals surface area contributed by atoms with Gasteiger partial charge in [-0.3, -0.25) is 4.98 Å². The minimum absolute atomic E-state index is 0.100. The quantitative estimate of drug-likeness (QED) is 0.910. The van der Waals surface area contributed by atoms with Gasteiger partial charge in [-0.25, -0.2) is 0 Å². The Morgan fingerprint density at radius 1 is 1.26 bits per heavy atom. The van der Waals surface area contributed by atoms with Gasteiger partial charge in [-0.2, -0.15) is 0 Å². The molecule has 100 valence electrons. The molecule has 0 aliphatic heterocycles. The molecule has 0 saturated carbocycles. The van der Waals surface area contributed by atoms with Crippen molar-refractivity contribution < 1.29 is 4.74 Å². The number of hydrogen-bond acceptors (Lipinski definition) is 3. The Bertz CT molecular complexity index is 528. The van der Waals surface area contributed by atoms with Crippen LogP contribution >= 0.6 is 15.9 Å². The van der Waals surface area contributed by atoms with Crippen molar-refractivity contribution in [1.29, 1.82) is 0 Å². The molecule has 0 saturated heterocycles. The van der Waals surface area contributed by atoms with Gasteiger partial charge in [0.05, 0.1) is 0 Å². The van der Waals surface area contributed by atoms with Crippen LogP contribution in [0, 0.1) is 0 Å². The number of nitrogens with two attached hydrogens (primary N) is 1. The first kappa shape index (κ1) is 14.0. The molecule has 3 nitrogen and oxygen atoms in total. The zero-order chi connectivity index (χ0) is 13.7. The summed E-state index contributed by atoms with van der Waals surface area (Å²) in [7, 11) is 0. The summed E-state index contributed by atoms with van der Waals surface area (Å²) in [6.45, 7) is 2.58. The summed E-state index contributed by atoms with van der Waals surface area (Å²) in [5, 5.41) is 0. The van der Waals surface area contributed by atoms with Crippen molar-refractivity contribution in [1.82, 2.24) is 4.98 Å². The Labute approximate surface area is 121 Å². The number of rotatable bonds is 5. The van der Waals surface area contributed by atoms with Gasteiger partial charge in [-0.15, -0.1) is 0 Å². The summed E-state index contributed by atoms with van der Waals surface area (Å²) in [5.41, 5.74) is 8.14. The van der Waals surface area contributed by atoms with Gasteiger partial charge >= 0.3 is 0 Å². The predicted molar refractivity (Wildman–Crippen MR) is 79.9 cm³/mol. The van der Waals surface area contributed by atoms with Crippen LogP contribution in [0.25, 0.3) is 0 Å². The van der Waals surface area contributed by atoms with E-state index in [4.69, 9.17) is 10.5 Å². The molecule has 0 unspecified atom stereocenters. The zero-order valence-corrected chi connectivity index (χ0v) is 12.4. The summed E-state index contributed by atoms with van der Waals surface area (Å²) in [6.07, 6.45) is 4.49. The topological polar surface area (TPSA) is 48.1 Å². The highest BCUT2D eigenvalue weighted by atomic mass is 79.9. The fourth-order valence-corrected chi connectivity index (χ4v) is 2.16. The smallest absolute Gasteiger partial charge is 0.119 e. The highest BCUT2D eigenvalue weighted by Crippen LogP contribution is 2.19. The van der Waals surface area contributed by atoms with Crippen molar-refractivity contribution in [3.05, 3.63) is 58.3 Å². The molecule has 1 atom stereocenters. The monoisotopic (exact) mass is 320 g/mol. The van der Waals surface area contributed by atoms with Crippen LogP contribution in [0.5, 0.6) is 5.75 Å². The van der Waals surface area contributed by atoms with Crippen LogP contribution in [0.2, 0.25) is 0 Å². The highest BCUT2D eigenvalue weighted by Gasteiger charge is 2.03. The first-order valence-corrected chi connectivity index (χ1v) is 7.06. The third-order valence-electron chi connectivity index (χ3n) is 2.92. The largest absolute Gasteiger partial charge is 0.489 e. The van der Waals surface area contributed by atoms with E-state index in [1.54, 1.807) is 12.4 Å². The van der Waals surface area contributed by atoms with Crippen LogP contribution in [0.4, 0.5) is 0 Å². The number of pyridine rings is 1. The fraction of sp³-hybridized carbons (Fsp3) is 0.267. The van der Waals surface area contributed by atoms with Crippen molar-refractivity contribution in [2.24, 2.45) is 5.73 Å². The lowest BCUT2D eigenvalue weighted by atomic mass is 10.1. The summed E-state index contributed by atoms with van der Waals surface area (Å²) in [6, 6.07) is 10.0. The van der Waals surface area contributed by atoms with Gasteiger partial charge in [0.25, 0.3) is 0 Å². The summed E-state index contributed by atoms with van der Waals surface area (Å²) in [4.78, 5) is 4.10. The number of ether oxygens (including phenoxy) is 1. The molecule has 0 spiro atoms. The number of benzene rings is 1. The maximum absolute atomic E-state index is 5.97. The molecule has 0 aliphatic rings. The molecule has 2 rings (SSSR count). The third kappa shape index (κ3) is 4.04. The fourth-order valence-electron chi connectivity index (χ4n) is 1.75. The van der Waals surface area contributed by atoms with Crippen LogP contribution in [0.1, 0.15) is 30.5 Å². The Morgan fingerprint density at radius 2 is 2.00 bits per heavy atom. The second-order valence-corrected chi connectivity index (χ2v) is 5.30. The van der Waals surface area contributed by atoms with Crippen LogP contribution in [0.3, 0.4) is 0 Å². The van der Waals surface area contributed by atoms with E-state index >= 15 is 0 Å². The van der Waals surface area contributed by atoms with E-state index < -0.39 is 0 Å². The van der Waals surface area contributed by atoms with Crippen LogP contribution in [-0.4, -0.2) is 4.98 Å². The average molecular weight is 321 g/mol.